The molecule has 2 aliphatic heterocycles. The highest BCUT2D eigenvalue weighted by molar-refractivity contribution is 7.09. The van der Waals surface area contributed by atoms with Gasteiger partial charge in [-0.1, -0.05) is 6.07 Å². The van der Waals surface area contributed by atoms with Crippen molar-refractivity contribution in [3.05, 3.63) is 22.4 Å². The largest absolute Gasteiger partial charge is 0.340 e. The molecular formula is C16H25N3OS. The third-order valence-electron chi connectivity index (χ3n) is 4.55. The van der Waals surface area contributed by atoms with Gasteiger partial charge in [0.2, 0.25) is 5.91 Å². The Hall–Kier alpha value is -0.910. The highest BCUT2D eigenvalue weighted by Gasteiger charge is 2.22. The lowest BCUT2D eigenvalue weighted by atomic mass is 10.1. The van der Waals surface area contributed by atoms with Gasteiger partial charge in [-0.3, -0.25) is 9.69 Å². The fourth-order valence-corrected chi connectivity index (χ4v) is 3.98. The van der Waals surface area contributed by atoms with Gasteiger partial charge >= 0.3 is 0 Å². The average molecular weight is 307 g/mol. The maximum Gasteiger partial charge on any atom is 0.222 e. The van der Waals surface area contributed by atoms with E-state index in [-0.39, 0.29) is 0 Å². The van der Waals surface area contributed by atoms with E-state index in [0.717, 1.165) is 45.7 Å². The lowest BCUT2D eigenvalue weighted by molar-refractivity contribution is -0.133. The predicted molar refractivity (Wildman–Crippen MR) is 86.4 cm³/mol. The number of hydrogen-bond acceptors (Lipinski definition) is 4. The van der Waals surface area contributed by atoms with Crippen LogP contribution in [0.3, 0.4) is 0 Å². The van der Waals surface area contributed by atoms with E-state index in [2.05, 4.69) is 32.6 Å². The van der Waals surface area contributed by atoms with Crippen molar-refractivity contribution in [3.63, 3.8) is 0 Å². The zero-order chi connectivity index (χ0) is 14.5. The van der Waals surface area contributed by atoms with Crippen LogP contribution in [0.15, 0.2) is 17.5 Å². The van der Waals surface area contributed by atoms with E-state index in [0.29, 0.717) is 18.4 Å². The summed E-state index contributed by atoms with van der Waals surface area (Å²) in [5, 5.41) is 5.60. The van der Waals surface area contributed by atoms with Crippen molar-refractivity contribution in [2.24, 2.45) is 0 Å². The second kappa shape index (κ2) is 7.38. The molecule has 2 aliphatic rings. The van der Waals surface area contributed by atoms with Crippen molar-refractivity contribution in [2.75, 3.05) is 32.7 Å². The van der Waals surface area contributed by atoms with E-state index in [1.165, 1.54) is 17.7 Å². The van der Waals surface area contributed by atoms with E-state index in [9.17, 15) is 4.79 Å². The Morgan fingerprint density at radius 2 is 2.19 bits per heavy atom. The number of nitrogens with one attached hydrogen (secondary N) is 1. The highest BCUT2D eigenvalue weighted by atomic mass is 32.1. The molecule has 1 amide bonds. The molecular weight excluding hydrogens is 282 g/mol. The Bertz CT molecular complexity index is 434. The van der Waals surface area contributed by atoms with Gasteiger partial charge in [0.1, 0.15) is 0 Å². The Kier molecular flexibility index (Phi) is 5.27. The molecule has 1 aromatic heterocycles. The maximum atomic E-state index is 12.3. The number of carbonyl (C=O) groups is 1. The van der Waals surface area contributed by atoms with Gasteiger partial charge in [-0.15, -0.1) is 11.3 Å². The van der Waals surface area contributed by atoms with Crippen LogP contribution in [-0.2, 0) is 11.3 Å². The second-order valence-corrected chi connectivity index (χ2v) is 7.10. The van der Waals surface area contributed by atoms with Crippen molar-refractivity contribution in [2.45, 2.75) is 38.3 Å². The van der Waals surface area contributed by atoms with Gasteiger partial charge in [-0.25, -0.2) is 0 Å². The molecule has 0 aliphatic carbocycles. The third kappa shape index (κ3) is 4.28. The summed E-state index contributed by atoms with van der Waals surface area (Å²) in [6.07, 6.45) is 4.22. The molecule has 21 heavy (non-hydrogen) atoms. The molecule has 0 spiro atoms. The molecule has 116 valence electrons. The minimum absolute atomic E-state index is 0.347. The number of hydrogen-bond donors (Lipinski definition) is 1. The molecule has 0 aromatic carbocycles. The van der Waals surface area contributed by atoms with Crippen LogP contribution in [0, 0.1) is 0 Å². The topological polar surface area (TPSA) is 35.6 Å². The summed E-state index contributed by atoms with van der Waals surface area (Å²) >= 11 is 1.82. The van der Waals surface area contributed by atoms with Crippen molar-refractivity contribution < 1.29 is 4.79 Å². The monoisotopic (exact) mass is 307 g/mol. The van der Waals surface area contributed by atoms with Gasteiger partial charge in [0.15, 0.2) is 0 Å². The smallest absolute Gasteiger partial charge is 0.222 e. The van der Waals surface area contributed by atoms with Gasteiger partial charge in [0.25, 0.3) is 0 Å². The highest BCUT2D eigenvalue weighted by Crippen LogP contribution is 2.15. The van der Waals surface area contributed by atoms with Crippen LogP contribution in [0.25, 0.3) is 0 Å². The van der Waals surface area contributed by atoms with Crippen molar-refractivity contribution >= 4 is 17.2 Å². The van der Waals surface area contributed by atoms with Gasteiger partial charge in [0.05, 0.1) is 0 Å². The molecule has 3 rings (SSSR count). The minimum atomic E-state index is 0.347. The molecule has 0 bridgehead atoms. The number of amides is 1. The van der Waals surface area contributed by atoms with Crippen LogP contribution in [0.1, 0.15) is 30.6 Å². The van der Waals surface area contributed by atoms with Crippen LogP contribution < -0.4 is 5.32 Å². The van der Waals surface area contributed by atoms with E-state index in [1.807, 2.05) is 11.3 Å². The molecule has 3 heterocycles. The van der Waals surface area contributed by atoms with Gasteiger partial charge < -0.3 is 10.2 Å². The quantitative estimate of drug-likeness (QED) is 0.903. The van der Waals surface area contributed by atoms with Crippen molar-refractivity contribution in [1.82, 2.24) is 15.1 Å². The molecule has 1 atom stereocenters. The number of thiophene rings is 1. The van der Waals surface area contributed by atoms with Crippen LogP contribution in [0.5, 0.6) is 0 Å². The summed E-state index contributed by atoms with van der Waals surface area (Å²) in [7, 11) is 0. The first-order valence-electron chi connectivity index (χ1n) is 8.07. The van der Waals surface area contributed by atoms with Crippen LogP contribution >= 0.6 is 11.3 Å². The number of nitrogens with zero attached hydrogens (tertiary/aromatic N) is 2. The Labute approximate surface area is 131 Å². The van der Waals surface area contributed by atoms with Gasteiger partial charge in [-0.2, -0.15) is 0 Å². The van der Waals surface area contributed by atoms with Gasteiger partial charge in [0, 0.05) is 50.1 Å². The maximum absolute atomic E-state index is 12.3. The van der Waals surface area contributed by atoms with Crippen molar-refractivity contribution in [1.29, 1.82) is 0 Å². The number of piperazine rings is 1. The second-order valence-electron chi connectivity index (χ2n) is 6.07. The van der Waals surface area contributed by atoms with Gasteiger partial charge in [-0.05, 0) is 37.3 Å². The molecule has 4 nitrogen and oxygen atoms in total. The average Bonchev–Trinajstić information content (AvgIpc) is 3.19. The fourth-order valence-electron chi connectivity index (χ4n) is 3.24. The van der Waals surface area contributed by atoms with Crippen molar-refractivity contribution in [3.8, 4) is 0 Å². The third-order valence-corrected chi connectivity index (χ3v) is 5.41. The Balaban J connectivity index is 1.37. The standard InChI is InChI=1S/C16H25N3OS/c20-16(6-5-14-3-1-7-17-14)19-10-8-18(9-11-19)13-15-4-2-12-21-15/h2,4,12,14,17H,1,3,5-11,13H2. The Morgan fingerprint density at radius 3 is 2.86 bits per heavy atom. The first kappa shape index (κ1) is 15.0. The molecule has 0 saturated carbocycles. The summed E-state index contributed by atoms with van der Waals surface area (Å²) < 4.78 is 0. The number of rotatable bonds is 5. The SMILES string of the molecule is O=C(CCC1CCCN1)N1CCN(Cc2cccs2)CC1. The van der Waals surface area contributed by atoms with E-state index < -0.39 is 0 Å². The summed E-state index contributed by atoms with van der Waals surface area (Å²) in [6, 6.07) is 4.88. The van der Waals surface area contributed by atoms with E-state index >= 15 is 0 Å². The summed E-state index contributed by atoms with van der Waals surface area (Å²) in [5.74, 6) is 0.347. The molecule has 2 saturated heterocycles. The number of carbonyl (C=O) groups excluding carboxylic acids is 1. The van der Waals surface area contributed by atoms with Crippen LogP contribution in [-0.4, -0.2) is 54.5 Å². The lowest BCUT2D eigenvalue weighted by Crippen LogP contribution is -2.48. The summed E-state index contributed by atoms with van der Waals surface area (Å²) in [6.45, 7) is 5.95. The fraction of sp³-hybridized carbons (Fsp3) is 0.688. The van der Waals surface area contributed by atoms with Crippen LogP contribution in [0.2, 0.25) is 0 Å². The molecule has 5 heteroatoms. The van der Waals surface area contributed by atoms with Crippen LogP contribution in [0.4, 0.5) is 0 Å². The van der Waals surface area contributed by atoms with E-state index in [4.69, 9.17) is 0 Å². The molecule has 1 N–H and O–H groups in total. The molecule has 0 radical (unpaired) electrons. The lowest BCUT2D eigenvalue weighted by Gasteiger charge is -2.34. The summed E-state index contributed by atoms with van der Waals surface area (Å²) in [5.41, 5.74) is 0. The van der Waals surface area contributed by atoms with E-state index in [1.54, 1.807) is 0 Å². The normalized spacial score (nSPS) is 23.6. The first-order valence-corrected chi connectivity index (χ1v) is 8.95. The predicted octanol–water partition coefficient (Wildman–Crippen LogP) is 1.92. The minimum Gasteiger partial charge on any atom is -0.340 e. The Morgan fingerprint density at radius 1 is 1.33 bits per heavy atom. The summed E-state index contributed by atoms with van der Waals surface area (Å²) in [4.78, 5) is 18.2. The zero-order valence-electron chi connectivity index (χ0n) is 12.6. The molecule has 2 fully saturated rings. The zero-order valence-corrected chi connectivity index (χ0v) is 13.4. The first-order chi connectivity index (χ1) is 10.3. The molecule has 1 unspecified atom stereocenters. The molecule has 1 aromatic rings.